The van der Waals surface area contributed by atoms with Gasteiger partial charge in [0.15, 0.2) is 5.13 Å². The maximum Gasteiger partial charge on any atom is 0.232 e. The van der Waals surface area contributed by atoms with E-state index in [1.165, 1.54) is 11.3 Å². The van der Waals surface area contributed by atoms with Crippen LogP contribution in [0.15, 0.2) is 23.6 Å². The van der Waals surface area contributed by atoms with Gasteiger partial charge in [-0.25, -0.2) is 4.98 Å². The first-order valence-electron chi connectivity index (χ1n) is 6.00. The minimum atomic E-state index is 0.00954. The van der Waals surface area contributed by atoms with E-state index >= 15 is 0 Å². The first kappa shape index (κ1) is 13.5. The van der Waals surface area contributed by atoms with Crippen molar-refractivity contribution in [1.29, 1.82) is 0 Å². The van der Waals surface area contributed by atoms with Crippen molar-refractivity contribution in [3.8, 4) is 0 Å². The number of hydrogen-bond donors (Lipinski definition) is 1. The number of aromatic nitrogens is 1. The molecule has 4 nitrogen and oxygen atoms in total. The van der Waals surface area contributed by atoms with E-state index in [4.69, 9.17) is 5.73 Å². The molecule has 0 fully saturated rings. The molecule has 0 saturated heterocycles. The van der Waals surface area contributed by atoms with Gasteiger partial charge in [0.25, 0.3) is 0 Å². The molecule has 1 aromatic heterocycles. The molecule has 2 rings (SSSR count). The predicted octanol–water partition coefficient (Wildman–Crippen LogP) is 2.55. The molecule has 2 N–H and O–H groups in total. The van der Waals surface area contributed by atoms with Gasteiger partial charge in [-0.05, 0) is 37.1 Å². The van der Waals surface area contributed by atoms with E-state index in [0.29, 0.717) is 5.13 Å². The molecule has 100 valence electrons. The largest absolute Gasteiger partial charge is 0.375 e. The minimum Gasteiger partial charge on any atom is -0.375 e. The van der Waals surface area contributed by atoms with Crippen molar-refractivity contribution in [2.45, 2.75) is 20.3 Å². The fourth-order valence-corrected chi connectivity index (χ4v) is 2.53. The lowest BCUT2D eigenvalue weighted by Crippen LogP contribution is -2.28. The van der Waals surface area contributed by atoms with Gasteiger partial charge in [0.2, 0.25) is 5.91 Å². The van der Waals surface area contributed by atoms with Crippen molar-refractivity contribution < 1.29 is 4.79 Å². The number of nitrogen functional groups attached to an aromatic ring is 1. The zero-order valence-corrected chi connectivity index (χ0v) is 12.1. The number of thiazole rings is 1. The standard InChI is InChI=1S/C14H17N3OS/c1-9-4-10(2)6-12(5-9)17(3)13(18)7-11-8-19-14(15)16-11/h4-6,8H,7H2,1-3H3,(H2,15,16). The van der Waals surface area contributed by atoms with Gasteiger partial charge in [-0.2, -0.15) is 0 Å². The molecule has 1 amide bonds. The molecule has 0 aliphatic carbocycles. The summed E-state index contributed by atoms with van der Waals surface area (Å²) in [6.45, 7) is 4.05. The van der Waals surface area contributed by atoms with E-state index in [1.807, 2.05) is 31.4 Å². The highest BCUT2D eigenvalue weighted by Crippen LogP contribution is 2.19. The summed E-state index contributed by atoms with van der Waals surface area (Å²) in [5.41, 5.74) is 9.49. The molecule has 0 unspecified atom stereocenters. The summed E-state index contributed by atoms with van der Waals surface area (Å²) in [4.78, 5) is 18.0. The first-order chi connectivity index (χ1) is 8.95. The fourth-order valence-electron chi connectivity index (χ4n) is 1.97. The minimum absolute atomic E-state index is 0.00954. The predicted molar refractivity (Wildman–Crippen MR) is 79.6 cm³/mol. The first-order valence-corrected chi connectivity index (χ1v) is 6.88. The Morgan fingerprint density at radius 1 is 1.32 bits per heavy atom. The molecule has 0 bridgehead atoms. The number of hydrogen-bond acceptors (Lipinski definition) is 4. The molecule has 5 heteroatoms. The second-order valence-electron chi connectivity index (χ2n) is 4.65. The zero-order valence-electron chi connectivity index (χ0n) is 11.3. The van der Waals surface area contributed by atoms with Gasteiger partial charge in [-0.3, -0.25) is 4.79 Å². The second-order valence-corrected chi connectivity index (χ2v) is 5.54. The number of nitrogens with zero attached hydrogens (tertiary/aromatic N) is 2. The lowest BCUT2D eigenvalue weighted by atomic mass is 10.1. The normalized spacial score (nSPS) is 10.5. The third kappa shape index (κ3) is 3.32. The summed E-state index contributed by atoms with van der Waals surface area (Å²) >= 11 is 1.35. The quantitative estimate of drug-likeness (QED) is 0.936. The van der Waals surface area contributed by atoms with Crippen LogP contribution in [-0.4, -0.2) is 17.9 Å². The second kappa shape index (κ2) is 5.40. The van der Waals surface area contributed by atoms with Crippen LogP contribution in [0.1, 0.15) is 16.8 Å². The van der Waals surface area contributed by atoms with E-state index in [1.54, 1.807) is 11.9 Å². The van der Waals surface area contributed by atoms with Crippen LogP contribution in [0.2, 0.25) is 0 Å². The number of likely N-dealkylation sites (N-methyl/N-ethyl adjacent to an activating group) is 1. The van der Waals surface area contributed by atoms with E-state index in [2.05, 4.69) is 11.1 Å². The number of nitrogens with two attached hydrogens (primary N) is 1. The summed E-state index contributed by atoms with van der Waals surface area (Å²) in [6, 6.07) is 6.09. The Hall–Kier alpha value is -1.88. The number of anilines is 2. The molecule has 1 heterocycles. The topological polar surface area (TPSA) is 59.2 Å². The molecule has 2 aromatic rings. The number of benzene rings is 1. The molecule has 19 heavy (non-hydrogen) atoms. The SMILES string of the molecule is Cc1cc(C)cc(N(C)C(=O)Cc2csc(N)n2)c1. The van der Waals surface area contributed by atoms with E-state index in [-0.39, 0.29) is 12.3 Å². The Bertz CT molecular complexity index is 586. The van der Waals surface area contributed by atoms with Crippen molar-refractivity contribution in [3.05, 3.63) is 40.4 Å². The smallest absolute Gasteiger partial charge is 0.232 e. The molecular weight excluding hydrogens is 258 g/mol. The van der Waals surface area contributed by atoms with E-state index < -0.39 is 0 Å². The molecule has 0 saturated carbocycles. The number of carbonyl (C=O) groups is 1. The van der Waals surface area contributed by atoms with E-state index in [9.17, 15) is 4.79 Å². The highest BCUT2D eigenvalue weighted by molar-refractivity contribution is 7.13. The highest BCUT2D eigenvalue weighted by atomic mass is 32.1. The molecule has 1 aromatic carbocycles. The molecule has 0 atom stereocenters. The van der Waals surface area contributed by atoms with Gasteiger partial charge in [-0.15, -0.1) is 11.3 Å². The highest BCUT2D eigenvalue weighted by Gasteiger charge is 2.13. The van der Waals surface area contributed by atoms with Crippen molar-refractivity contribution in [2.75, 3.05) is 17.7 Å². The number of carbonyl (C=O) groups excluding carboxylic acids is 1. The Morgan fingerprint density at radius 3 is 2.47 bits per heavy atom. The summed E-state index contributed by atoms with van der Waals surface area (Å²) in [5, 5.41) is 2.32. The lowest BCUT2D eigenvalue weighted by molar-refractivity contribution is -0.117. The molecule has 0 aliphatic heterocycles. The molecule has 0 radical (unpaired) electrons. The van der Waals surface area contributed by atoms with Crippen LogP contribution in [0.3, 0.4) is 0 Å². The van der Waals surface area contributed by atoms with Gasteiger partial charge in [-0.1, -0.05) is 6.07 Å². The van der Waals surface area contributed by atoms with Gasteiger partial charge in [0.1, 0.15) is 0 Å². The van der Waals surface area contributed by atoms with Crippen LogP contribution in [0.25, 0.3) is 0 Å². The van der Waals surface area contributed by atoms with Gasteiger partial charge < -0.3 is 10.6 Å². The average molecular weight is 275 g/mol. The van der Waals surface area contributed by atoms with Crippen molar-refractivity contribution in [3.63, 3.8) is 0 Å². The maximum absolute atomic E-state index is 12.2. The van der Waals surface area contributed by atoms with Crippen LogP contribution in [0.5, 0.6) is 0 Å². The third-order valence-corrected chi connectivity index (χ3v) is 3.59. The van der Waals surface area contributed by atoms with Crippen LogP contribution in [-0.2, 0) is 11.2 Å². The summed E-state index contributed by atoms with van der Waals surface area (Å²) in [7, 11) is 1.78. The fraction of sp³-hybridized carbons (Fsp3) is 0.286. The van der Waals surface area contributed by atoms with Crippen molar-refractivity contribution in [1.82, 2.24) is 4.98 Å². The van der Waals surface area contributed by atoms with Crippen LogP contribution < -0.4 is 10.6 Å². The molecule has 0 spiro atoms. The number of amides is 1. The van der Waals surface area contributed by atoms with Crippen LogP contribution >= 0.6 is 11.3 Å². The number of rotatable bonds is 3. The molecular formula is C14H17N3OS. The Morgan fingerprint density at radius 2 is 1.95 bits per heavy atom. The average Bonchev–Trinajstić information content (AvgIpc) is 2.72. The van der Waals surface area contributed by atoms with Crippen LogP contribution in [0.4, 0.5) is 10.8 Å². The summed E-state index contributed by atoms with van der Waals surface area (Å²) < 4.78 is 0. The molecule has 0 aliphatic rings. The third-order valence-electron chi connectivity index (χ3n) is 2.87. The van der Waals surface area contributed by atoms with Gasteiger partial charge in [0.05, 0.1) is 12.1 Å². The monoisotopic (exact) mass is 275 g/mol. The van der Waals surface area contributed by atoms with Crippen molar-refractivity contribution in [2.24, 2.45) is 0 Å². The van der Waals surface area contributed by atoms with E-state index in [0.717, 1.165) is 22.5 Å². The lowest BCUT2D eigenvalue weighted by Gasteiger charge is -2.18. The number of aryl methyl sites for hydroxylation is 2. The van der Waals surface area contributed by atoms with Gasteiger partial charge in [0, 0.05) is 18.1 Å². The zero-order chi connectivity index (χ0) is 14.0. The Labute approximate surface area is 116 Å². The van der Waals surface area contributed by atoms with Crippen molar-refractivity contribution >= 4 is 28.1 Å². The Kier molecular flexibility index (Phi) is 3.85. The summed E-state index contributed by atoms with van der Waals surface area (Å²) in [6.07, 6.45) is 0.275. The van der Waals surface area contributed by atoms with Gasteiger partial charge >= 0.3 is 0 Å². The van der Waals surface area contributed by atoms with Crippen LogP contribution in [0, 0.1) is 13.8 Å². The Balaban J connectivity index is 2.14. The summed E-state index contributed by atoms with van der Waals surface area (Å²) in [5.74, 6) is 0.00954. The maximum atomic E-state index is 12.2.